The number of carbonyl (C=O) groups is 1. The predicted molar refractivity (Wildman–Crippen MR) is 81.4 cm³/mol. The molecule has 0 aliphatic carbocycles. The van der Waals surface area contributed by atoms with Crippen LogP contribution in [0.5, 0.6) is 0 Å². The third-order valence-corrected chi connectivity index (χ3v) is 3.69. The maximum atomic E-state index is 11.6. The van der Waals surface area contributed by atoms with Gasteiger partial charge in [-0.1, -0.05) is 13.8 Å². The molecular weight excluding hydrogens is 302 g/mol. The number of alkyl carbamates (subject to hydrolysis) is 1. The molecule has 1 unspecified atom stereocenters. The molecule has 0 fully saturated rings. The molecule has 0 aliphatic heterocycles. The van der Waals surface area contributed by atoms with E-state index in [1.165, 1.54) is 0 Å². The molecule has 1 atom stereocenters. The number of halogens is 1. The maximum absolute atomic E-state index is 11.6. The number of rotatable bonds is 7. The summed E-state index contributed by atoms with van der Waals surface area (Å²) in [6, 6.07) is 0. The van der Waals surface area contributed by atoms with Crippen molar-refractivity contribution in [2.75, 3.05) is 12.3 Å². The summed E-state index contributed by atoms with van der Waals surface area (Å²) >= 11 is 0. The first kappa shape index (κ1) is 19.5. The average molecular weight is 328 g/mol. The van der Waals surface area contributed by atoms with Gasteiger partial charge in [-0.15, -0.1) is 0 Å². The van der Waals surface area contributed by atoms with Crippen LogP contribution in [0.4, 0.5) is 4.79 Å². The number of carbonyl (C=O) groups excluding carboxylic acids is 1. The average Bonchev–Trinajstić information content (AvgIpc) is 2.17. The first-order valence-corrected chi connectivity index (χ1v) is 9.26. The zero-order chi connectivity index (χ0) is 16.0. The van der Waals surface area contributed by atoms with E-state index in [1.807, 2.05) is 0 Å². The van der Waals surface area contributed by atoms with Gasteiger partial charge in [0, 0.05) is 17.2 Å². The Morgan fingerprint density at radius 1 is 1.30 bits per heavy atom. The van der Waals surface area contributed by atoms with Crippen LogP contribution >= 0.6 is 10.7 Å². The van der Waals surface area contributed by atoms with Gasteiger partial charge in [0.2, 0.25) is 9.05 Å². The van der Waals surface area contributed by atoms with Gasteiger partial charge in [0.05, 0.1) is 5.75 Å². The van der Waals surface area contributed by atoms with Crippen LogP contribution in [0.15, 0.2) is 0 Å². The second-order valence-corrected chi connectivity index (χ2v) is 9.31. The Labute approximate surface area is 126 Å². The molecule has 0 aromatic heterocycles. The van der Waals surface area contributed by atoms with E-state index in [4.69, 9.17) is 15.4 Å². The van der Waals surface area contributed by atoms with Crippen molar-refractivity contribution in [1.29, 1.82) is 0 Å². The standard InChI is InChI=1S/C13H26ClNO4S/c1-10(2)8-11(6-7-20(14,17)18)9-15-12(16)19-13(3,4)5/h10-11H,6-9H2,1-5H3,(H,15,16). The van der Waals surface area contributed by atoms with Crippen molar-refractivity contribution in [2.24, 2.45) is 11.8 Å². The van der Waals surface area contributed by atoms with Gasteiger partial charge in [0.1, 0.15) is 5.60 Å². The van der Waals surface area contributed by atoms with E-state index in [0.29, 0.717) is 18.9 Å². The first-order valence-electron chi connectivity index (χ1n) is 6.78. The first-order chi connectivity index (χ1) is 8.89. The van der Waals surface area contributed by atoms with E-state index in [2.05, 4.69) is 19.2 Å². The minimum absolute atomic E-state index is 0.0658. The predicted octanol–water partition coefficient (Wildman–Crippen LogP) is 3.13. The summed E-state index contributed by atoms with van der Waals surface area (Å²) < 4.78 is 27.1. The Hall–Kier alpha value is -0.490. The van der Waals surface area contributed by atoms with Gasteiger partial charge in [0.25, 0.3) is 0 Å². The Bertz CT molecular complexity index is 401. The Kier molecular flexibility index (Phi) is 7.88. The van der Waals surface area contributed by atoms with Crippen molar-refractivity contribution in [3.63, 3.8) is 0 Å². The summed E-state index contributed by atoms with van der Waals surface area (Å²) in [6.45, 7) is 9.86. The van der Waals surface area contributed by atoms with Gasteiger partial charge in [-0.05, 0) is 45.4 Å². The Morgan fingerprint density at radius 3 is 2.25 bits per heavy atom. The highest BCUT2D eigenvalue weighted by Crippen LogP contribution is 2.17. The van der Waals surface area contributed by atoms with E-state index < -0.39 is 20.7 Å². The second-order valence-electron chi connectivity index (χ2n) is 6.41. The van der Waals surface area contributed by atoms with Gasteiger partial charge in [-0.25, -0.2) is 13.2 Å². The fourth-order valence-electron chi connectivity index (χ4n) is 1.82. The van der Waals surface area contributed by atoms with E-state index >= 15 is 0 Å². The third-order valence-electron chi connectivity index (χ3n) is 2.51. The molecule has 0 spiro atoms. The topological polar surface area (TPSA) is 72.5 Å². The van der Waals surface area contributed by atoms with Gasteiger partial charge in [-0.2, -0.15) is 0 Å². The van der Waals surface area contributed by atoms with Crippen LogP contribution in [0.3, 0.4) is 0 Å². The summed E-state index contributed by atoms with van der Waals surface area (Å²) in [4.78, 5) is 11.6. The van der Waals surface area contributed by atoms with Crippen LogP contribution in [0.1, 0.15) is 47.5 Å². The molecule has 0 heterocycles. The number of hydrogen-bond acceptors (Lipinski definition) is 4. The second kappa shape index (κ2) is 8.08. The van der Waals surface area contributed by atoms with Gasteiger partial charge >= 0.3 is 6.09 Å². The van der Waals surface area contributed by atoms with E-state index in [9.17, 15) is 13.2 Å². The van der Waals surface area contributed by atoms with Gasteiger partial charge in [-0.3, -0.25) is 0 Å². The Morgan fingerprint density at radius 2 is 1.85 bits per heavy atom. The number of ether oxygens (including phenoxy) is 1. The molecule has 0 aromatic rings. The van der Waals surface area contributed by atoms with Crippen molar-refractivity contribution < 1.29 is 17.9 Å². The highest BCUT2D eigenvalue weighted by atomic mass is 35.7. The van der Waals surface area contributed by atoms with Gasteiger partial charge < -0.3 is 10.1 Å². The lowest BCUT2D eigenvalue weighted by molar-refractivity contribution is 0.0516. The molecule has 1 N–H and O–H groups in total. The summed E-state index contributed by atoms with van der Waals surface area (Å²) in [5, 5.41) is 2.68. The third kappa shape index (κ3) is 12.5. The Balaban J connectivity index is 4.33. The molecule has 5 nitrogen and oxygen atoms in total. The molecule has 0 saturated heterocycles. The largest absolute Gasteiger partial charge is 0.444 e. The lowest BCUT2D eigenvalue weighted by Crippen LogP contribution is -2.35. The molecule has 0 rings (SSSR count). The van der Waals surface area contributed by atoms with Crippen LogP contribution < -0.4 is 5.32 Å². The summed E-state index contributed by atoms with van der Waals surface area (Å²) in [6.07, 6.45) is 0.766. The van der Waals surface area contributed by atoms with E-state index in [-0.39, 0.29) is 11.7 Å². The van der Waals surface area contributed by atoms with Crippen LogP contribution in [0, 0.1) is 11.8 Å². The van der Waals surface area contributed by atoms with E-state index in [1.54, 1.807) is 20.8 Å². The lowest BCUT2D eigenvalue weighted by Gasteiger charge is -2.22. The molecule has 120 valence electrons. The quantitative estimate of drug-likeness (QED) is 0.729. The number of nitrogens with one attached hydrogen (secondary N) is 1. The molecule has 1 amide bonds. The van der Waals surface area contributed by atoms with Crippen molar-refractivity contribution in [1.82, 2.24) is 5.32 Å². The molecule has 0 radical (unpaired) electrons. The zero-order valence-corrected chi connectivity index (χ0v) is 14.5. The molecule has 0 aliphatic rings. The van der Waals surface area contributed by atoms with Crippen molar-refractivity contribution >= 4 is 25.8 Å². The van der Waals surface area contributed by atoms with Crippen LogP contribution in [-0.4, -0.2) is 32.4 Å². The summed E-state index contributed by atoms with van der Waals surface area (Å²) in [5.41, 5.74) is -0.545. The normalized spacial score (nSPS) is 14.2. The van der Waals surface area contributed by atoms with Gasteiger partial charge in [0.15, 0.2) is 0 Å². The summed E-state index contributed by atoms with van der Waals surface area (Å²) in [5.74, 6) is 0.400. The molecular formula is C13H26ClNO4S. The number of hydrogen-bond donors (Lipinski definition) is 1. The van der Waals surface area contributed by atoms with E-state index in [0.717, 1.165) is 6.42 Å². The zero-order valence-electron chi connectivity index (χ0n) is 12.9. The maximum Gasteiger partial charge on any atom is 0.407 e. The SMILES string of the molecule is CC(C)CC(CCS(=O)(=O)Cl)CNC(=O)OC(C)(C)C. The van der Waals surface area contributed by atoms with Crippen molar-refractivity contribution in [3.05, 3.63) is 0 Å². The highest BCUT2D eigenvalue weighted by Gasteiger charge is 2.19. The molecule has 0 saturated carbocycles. The monoisotopic (exact) mass is 327 g/mol. The molecule has 7 heteroatoms. The number of amides is 1. The van der Waals surface area contributed by atoms with Crippen LogP contribution in [-0.2, 0) is 13.8 Å². The van der Waals surface area contributed by atoms with Crippen molar-refractivity contribution in [2.45, 2.75) is 53.1 Å². The molecule has 0 aromatic carbocycles. The highest BCUT2D eigenvalue weighted by molar-refractivity contribution is 8.13. The smallest absolute Gasteiger partial charge is 0.407 e. The lowest BCUT2D eigenvalue weighted by atomic mass is 9.95. The van der Waals surface area contributed by atoms with Crippen LogP contribution in [0.25, 0.3) is 0 Å². The minimum Gasteiger partial charge on any atom is -0.444 e. The molecule has 20 heavy (non-hydrogen) atoms. The minimum atomic E-state index is -3.49. The van der Waals surface area contributed by atoms with Crippen molar-refractivity contribution in [3.8, 4) is 0 Å². The molecule has 0 bridgehead atoms. The fourth-order valence-corrected chi connectivity index (χ4v) is 2.70. The van der Waals surface area contributed by atoms with Crippen LogP contribution in [0.2, 0.25) is 0 Å². The summed E-state index contributed by atoms with van der Waals surface area (Å²) in [7, 11) is 1.73. The fraction of sp³-hybridized carbons (Fsp3) is 0.923.